The van der Waals surface area contributed by atoms with Gasteiger partial charge < -0.3 is 15.5 Å². The molecule has 1 heterocycles. The number of nitrogens with two attached hydrogens (primary N) is 1. The molecule has 0 aromatic heterocycles. The third-order valence-electron chi connectivity index (χ3n) is 2.17. The molecule has 4 heteroatoms. The normalized spacial score (nSPS) is 19.2. The molecule has 0 aliphatic carbocycles. The van der Waals surface area contributed by atoms with Gasteiger partial charge in [-0.1, -0.05) is 6.58 Å². The molecule has 0 atom stereocenters. The highest BCUT2D eigenvalue weighted by Crippen LogP contribution is 2.05. The van der Waals surface area contributed by atoms with Crippen molar-refractivity contribution >= 4 is 5.91 Å². The van der Waals surface area contributed by atoms with Gasteiger partial charge >= 0.3 is 0 Å². The van der Waals surface area contributed by atoms with Crippen molar-refractivity contribution in [1.29, 1.82) is 0 Å². The van der Waals surface area contributed by atoms with Crippen LogP contribution in [0.5, 0.6) is 0 Å². The number of hydrogen-bond donors (Lipinski definition) is 1. The molecular weight excluding hydrogens is 154 g/mol. The molecule has 0 spiro atoms. The number of carbonyl (C=O) groups is 1. The molecule has 0 unspecified atom stereocenters. The van der Waals surface area contributed by atoms with E-state index in [1.807, 2.05) is 4.90 Å². The van der Waals surface area contributed by atoms with Crippen LogP contribution in [-0.2, 0) is 4.79 Å². The van der Waals surface area contributed by atoms with Gasteiger partial charge in [-0.15, -0.1) is 0 Å². The second-order valence-electron chi connectivity index (χ2n) is 3.10. The number of carbonyl (C=O) groups excluding carboxylic acids is 1. The molecule has 68 valence electrons. The summed E-state index contributed by atoms with van der Waals surface area (Å²) in [5.41, 5.74) is 5.54. The molecule has 4 nitrogen and oxygen atoms in total. The zero-order valence-electron chi connectivity index (χ0n) is 7.42. The van der Waals surface area contributed by atoms with Crippen LogP contribution in [0, 0.1) is 0 Å². The summed E-state index contributed by atoms with van der Waals surface area (Å²) in [5.74, 6) is -0.417. The van der Waals surface area contributed by atoms with E-state index in [-0.39, 0.29) is 0 Å². The first-order chi connectivity index (χ1) is 5.61. The second kappa shape index (κ2) is 3.58. The molecule has 0 saturated carbocycles. The molecule has 0 aromatic carbocycles. The van der Waals surface area contributed by atoms with Crippen LogP contribution in [0.1, 0.15) is 0 Å². The summed E-state index contributed by atoms with van der Waals surface area (Å²) in [5, 5.41) is 0. The molecule has 1 rings (SSSR count). The summed E-state index contributed by atoms with van der Waals surface area (Å²) in [6.07, 6.45) is 0. The highest BCUT2D eigenvalue weighted by molar-refractivity contribution is 5.90. The average molecular weight is 169 g/mol. The van der Waals surface area contributed by atoms with Crippen LogP contribution in [0.25, 0.3) is 0 Å². The van der Waals surface area contributed by atoms with Crippen molar-refractivity contribution in [3.8, 4) is 0 Å². The quantitative estimate of drug-likeness (QED) is 0.552. The molecular formula is C8H15N3O. The van der Waals surface area contributed by atoms with E-state index in [1.54, 1.807) is 0 Å². The Balaban J connectivity index is 2.44. The topological polar surface area (TPSA) is 49.6 Å². The molecule has 1 aliphatic heterocycles. The highest BCUT2D eigenvalue weighted by Gasteiger charge is 2.17. The number of rotatable bonds is 2. The lowest BCUT2D eigenvalue weighted by Crippen LogP contribution is -2.45. The molecule has 0 radical (unpaired) electrons. The Morgan fingerprint density at radius 3 is 2.25 bits per heavy atom. The Labute approximate surface area is 72.6 Å². The Hall–Kier alpha value is -1.03. The molecule has 1 fully saturated rings. The number of nitrogens with zero attached hydrogens (tertiary/aromatic N) is 2. The maximum Gasteiger partial charge on any atom is 0.264 e. The van der Waals surface area contributed by atoms with E-state index in [0.29, 0.717) is 5.70 Å². The smallest absolute Gasteiger partial charge is 0.264 e. The standard InChI is InChI=1S/C8H15N3O/c1-7(8(9)12)11-5-3-10(2)4-6-11/h1,3-6H2,2H3,(H2,9,12). The fourth-order valence-electron chi connectivity index (χ4n) is 1.23. The van der Waals surface area contributed by atoms with E-state index in [0.717, 1.165) is 26.2 Å². The first-order valence-electron chi connectivity index (χ1n) is 4.03. The van der Waals surface area contributed by atoms with Crippen LogP contribution < -0.4 is 5.73 Å². The fraction of sp³-hybridized carbons (Fsp3) is 0.625. The van der Waals surface area contributed by atoms with Crippen LogP contribution in [0.4, 0.5) is 0 Å². The van der Waals surface area contributed by atoms with Gasteiger partial charge in [0.05, 0.1) is 5.70 Å². The lowest BCUT2D eigenvalue weighted by molar-refractivity contribution is -0.116. The van der Waals surface area contributed by atoms with Crippen molar-refractivity contribution in [3.05, 3.63) is 12.3 Å². The van der Waals surface area contributed by atoms with E-state index in [9.17, 15) is 4.79 Å². The summed E-state index contributed by atoms with van der Waals surface area (Å²) in [4.78, 5) is 14.9. The molecule has 0 bridgehead atoms. The minimum Gasteiger partial charge on any atom is -0.365 e. The van der Waals surface area contributed by atoms with E-state index in [1.165, 1.54) is 0 Å². The van der Waals surface area contributed by atoms with Crippen LogP contribution in [0.2, 0.25) is 0 Å². The molecule has 1 saturated heterocycles. The van der Waals surface area contributed by atoms with Crippen LogP contribution in [0.15, 0.2) is 12.3 Å². The molecule has 1 amide bonds. The third-order valence-corrected chi connectivity index (χ3v) is 2.17. The summed E-state index contributed by atoms with van der Waals surface area (Å²) in [6.45, 7) is 7.26. The third kappa shape index (κ3) is 1.98. The van der Waals surface area contributed by atoms with Gasteiger partial charge in [-0.05, 0) is 7.05 Å². The zero-order chi connectivity index (χ0) is 9.14. The Morgan fingerprint density at radius 2 is 1.83 bits per heavy atom. The first-order valence-corrected chi connectivity index (χ1v) is 4.03. The molecule has 0 aromatic rings. The van der Waals surface area contributed by atoms with Crippen molar-refractivity contribution in [3.63, 3.8) is 0 Å². The molecule has 1 aliphatic rings. The van der Waals surface area contributed by atoms with Crippen molar-refractivity contribution in [2.75, 3.05) is 33.2 Å². The monoisotopic (exact) mass is 169 g/mol. The van der Waals surface area contributed by atoms with Gasteiger partial charge in [0.25, 0.3) is 5.91 Å². The number of piperazine rings is 1. The van der Waals surface area contributed by atoms with E-state index in [4.69, 9.17) is 5.73 Å². The zero-order valence-corrected chi connectivity index (χ0v) is 7.42. The number of primary amides is 1. The Morgan fingerprint density at radius 1 is 1.33 bits per heavy atom. The van der Waals surface area contributed by atoms with Gasteiger partial charge in [-0.25, -0.2) is 0 Å². The lowest BCUT2D eigenvalue weighted by atomic mass is 10.3. The first kappa shape index (κ1) is 9.06. The number of likely N-dealkylation sites (N-methyl/N-ethyl adjacent to an activating group) is 1. The van der Waals surface area contributed by atoms with Crippen LogP contribution in [0.3, 0.4) is 0 Å². The van der Waals surface area contributed by atoms with Crippen molar-refractivity contribution in [2.45, 2.75) is 0 Å². The van der Waals surface area contributed by atoms with Crippen LogP contribution in [-0.4, -0.2) is 48.9 Å². The summed E-state index contributed by atoms with van der Waals surface area (Å²) in [6, 6.07) is 0. The SMILES string of the molecule is C=C(C(N)=O)N1CCN(C)CC1. The Kier molecular flexibility index (Phi) is 2.70. The maximum atomic E-state index is 10.7. The predicted molar refractivity (Wildman–Crippen MR) is 47.4 cm³/mol. The summed E-state index contributed by atoms with van der Waals surface area (Å²) in [7, 11) is 2.06. The van der Waals surface area contributed by atoms with Crippen molar-refractivity contribution in [1.82, 2.24) is 9.80 Å². The minimum atomic E-state index is -0.417. The second-order valence-corrected chi connectivity index (χ2v) is 3.10. The summed E-state index contributed by atoms with van der Waals surface area (Å²) >= 11 is 0. The van der Waals surface area contributed by atoms with Gasteiger partial charge in [0.2, 0.25) is 0 Å². The fourth-order valence-corrected chi connectivity index (χ4v) is 1.23. The van der Waals surface area contributed by atoms with E-state index in [2.05, 4.69) is 18.5 Å². The largest absolute Gasteiger partial charge is 0.365 e. The van der Waals surface area contributed by atoms with Crippen LogP contribution >= 0.6 is 0 Å². The maximum absolute atomic E-state index is 10.7. The Bertz CT molecular complexity index is 194. The lowest BCUT2D eigenvalue weighted by Gasteiger charge is -2.33. The van der Waals surface area contributed by atoms with Gasteiger partial charge in [0.1, 0.15) is 0 Å². The van der Waals surface area contributed by atoms with Crippen molar-refractivity contribution in [2.24, 2.45) is 5.73 Å². The van der Waals surface area contributed by atoms with E-state index >= 15 is 0 Å². The highest BCUT2D eigenvalue weighted by atomic mass is 16.1. The number of hydrogen-bond acceptors (Lipinski definition) is 3. The van der Waals surface area contributed by atoms with Gasteiger partial charge in [-0.3, -0.25) is 4.79 Å². The van der Waals surface area contributed by atoms with E-state index < -0.39 is 5.91 Å². The minimum absolute atomic E-state index is 0.417. The van der Waals surface area contributed by atoms with Gasteiger partial charge in [0, 0.05) is 26.2 Å². The molecule has 2 N–H and O–H groups in total. The van der Waals surface area contributed by atoms with Gasteiger partial charge in [0.15, 0.2) is 0 Å². The average Bonchev–Trinajstić information content (AvgIpc) is 2.04. The van der Waals surface area contributed by atoms with Gasteiger partial charge in [-0.2, -0.15) is 0 Å². The predicted octanol–water partition coefficient (Wildman–Crippen LogP) is -0.767. The van der Waals surface area contributed by atoms with Crippen molar-refractivity contribution < 1.29 is 4.79 Å². The number of amides is 1. The summed E-state index contributed by atoms with van der Waals surface area (Å²) < 4.78 is 0. The molecule has 12 heavy (non-hydrogen) atoms.